The third kappa shape index (κ3) is 6.76. The highest BCUT2D eigenvalue weighted by molar-refractivity contribution is 6.31. The second kappa shape index (κ2) is 11.4. The average molecular weight is 508 g/mol. The van der Waals surface area contributed by atoms with E-state index in [0.29, 0.717) is 35.0 Å². The fraction of sp³-hybridized carbons (Fsp3) is 0.462. The van der Waals surface area contributed by atoms with E-state index in [9.17, 15) is 13.2 Å². The predicted molar refractivity (Wildman–Crippen MR) is 138 cm³/mol. The van der Waals surface area contributed by atoms with Crippen molar-refractivity contribution in [1.82, 2.24) is 15.3 Å². The fourth-order valence-corrected chi connectivity index (χ4v) is 4.64. The molecule has 2 aromatic carbocycles. The molecule has 1 saturated carbocycles. The zero-order valence-electron chi connectivity index (χ0n) is 19.3. The first-order valence-corrected chi connectivity index (χ1v) is 11.9. The molecular formula is C26H33ClF3N5. The molecule has 5 nitrogen and oxygen atoms in total. The van der Waals surface area contributed by atoms with Crippen molar-refractivity contribution in [3.8, 4) is 0 Å². The Morgan fingerprint density at radius 1 is 1.03 bits per heavy atom. The molecule has 9 heteroatoms. The lowest BCUT2D eigenvalue weighted by Crippen LogP contribution is -2.31. The zero-order valence-corrected chi connectivity index (χ0v) is 20.0. The Kier molecular flexibility index (Phi) is 8.83. The molecule has 3 aromatic rings. The predicted octanol–water partition coefficient (Wildman–Crippen LogP) is 6.76. The number of fused-ring (bicyclic) bond motifs is 1. The summed E-state index contributed by atoms with van der Waals surface area (Å²) in [6.45, 7) is 1.07. The Morgan fingerprint density at radius 3 is 2.43 bits per heavy atom. The van der Waals surface area contributed by atoms with Gasteiger partial charge in [0, 0.05) is 37.1 Å². The maximum Gasteiger partial charge on any atom is 0.416 e. The van der Waals surface area contributed by atoms with Gasteiger partial charge in [-0.3, -0.25) is 0 Å². The van der Waals surface area contributed by atoms with Gasteiger partial charge in [-0.25, -0.2) is 4.98 Å². The summed E-state index contributed by atoms with van der Waals surface area (Å²) in [6, 6.07) is 11.7. The van der Waals surface area contributed by atoms with Crippen LogP contribution < -0.4 is 15.5 Å². The maximum atomic E-state index is 13.0. The number of benzene rings is 2. The zero-order chi connectivity index (χ0) is 24.3. The topological polar surface area (TPSA) is 53.1 Å². The van der Waals surface area contributed by atoms with E-state index < -0.39 is 11.7 Å². The van der Waals surface area contributed by atoms with Crippen molar-refractivity contribution in [3.05, 3.63) is 58.6 Å². The van der Waals surface area contributed by atoms with Crippen LogP contribution >= 0.6 is 11.6 Å². The van der Waals surface area contributed by atoms with Crippen LogP contribution in [0, 0.1) is 5.92 Å². The van der Waals surface area contributed by atoms with Crippen LogP contribution in [0.15, 0.2) is 42.5 Å². The molecule has 0 spiro atoms. The highest BCUT2D eigenvalue weighted by Crippen LogP contribution is 2.32. The van der Waals surface area contributed by atoms with Crippen molar-refractivity contribution in [2.45, 2.75) is 51.9 Å². The number of hydrogen-bond acceptors (Lipinski definition) is 5. The average Bonchev–Trinajstić information content (AvgIpc) is 2.80. The van der Waals surface area contributed by atoms with E-state index >= 15 is 0 Å². The molecule has 1 aliphatic carbocycles. The van der Waals surface area contributed by atoms with Gasteiger partial charge in [0.2, 0.25) is 5.95 Å². The number of hydrogen-bond donors (Lipinski definition) is 2. The van der Waals surface area contributed by atoms with Crippen LogP contribution in [0.2, 0.25) is 5.02 Å². The molecule has 0 aliphatic heterocycles. The summed E-state index contributed by atoms with van der Waals surface area (Å²) in [5.74, 6) is 2.00. The molecule has 0 unspecified atom stereocenters. The molecule has 190 valence electrons. The number of rotatable bonds is 7. The smallest absolute Gasteiger partial charge is 0.362 e. The molecule has 0 saturated heterocycles. The van der Waals surface area contributed by atoms with Gasteiger partial charge < -0.3 is 15.5 Å². The van der Waals surface area contributed by atoms with Gasteiger partial charge in [0.25, 0.3) is 0 Å². The van der Waals surface area contributed by atoms with Crippen molar-refractivity contribution in [2.75, 3.05) is 30.9 Å². The van der Waals surface area contributed by atoms with Gasteiger partial charge in [-0.15, -0.1) is 0 Å². The van der Waals surface area contributed by atoms with Gasteiger partial charge >= 0.3 is 6.18 Å². The normalized spacial score (nSPS) is 18.2. The first-order chi connectivity index (χ1) is 16.2. The Bertz CT molecular complexity index is 1130. The minimum atomic E-state index is -4.37. The standard InChI is InChI=1S/C25H29ClF3N5.CH4/c1-34(2)23-20-5-3-4-6-22(20)32-24(33-23)31-19-10-7-16(8-11-19)14-30-15-17-13-18(25(27,28)29)9-12-21(17)26;/h3-6,9,12-13,16,19,30H,7-8,10-11,14-15H2,1-2H3,(H,31,32,33);1H4. The molecule has 35 heavy (non-hydrogen) atoms. The van der Waals surface area contributed by atoms with Crippen LogP contribution in [0.3, 0.4) is 0 Å². The third-order valence-corrected chi connectivity index (χ3v) is 6.68. The minimum Gasteiger partial charge on any atom is -0.362 e. The van der Waals surface area contributed by atoms with E-state index in [1.807, 2.05) is 43.3 Å². The van der Waals surface area contributed by atoms with E-state index in [2.05, 4.69) is 10.6 Å². The number of nitrogens with one attached hydrogen (secondary N) is 2. The molecular weight excluding hydrogens is 475 g/mol. The lowest BCUT2D eigenvalue weighted by molar-refractivity contribution is -0.137. The first-order valence-electron chi connectivity index (χ1n) is 11.5. The highest BCUT2D eigenvalue weighted by Gasteiger charge is 2.31. The van der Waals surface area contributed by atoms with Crippen molar-refractivity contribution >= 4 is 34.3 Å². The number of nitrogens with zero attached hydrogens (tertiary/aromatic N) is 3. The van der Waals surface area contributed by atoms with E-state index in [1.165, 1.54) is 6.07 Å². The molecule has 2 N–H and O–H groups in total. The number of para-hydroxylation sites is 1. The Morgan fingerprint density at radius 2 is 1.74 bits per heavy atom. The second-order valence-corrected chi connectivity index (χ2v) is 9.49. The quantitative estimate of drug-likeness (QED) is 0.370. The SMILES string of the molecule is C.CN(C)c1nc(NC2CCC(CNCc3cc(C(F)(F)F)ccc3Cl)CC2)nc2ccccc12. The van der Waals surface area contributed by atoms with Crippen molar-refractivity contribution in [1.29, 1.82) is 0 Å². The number of anilines is 2. The highest BCUT2D eigenvalue weighted by atomic mass is 35.5. The molecule has 1 heterocycles. The molecule has 1 fully saturated rings. The van der Waals surface area contributed by atoms with Gasteiger partial charge in [-0.05, 0) is 74.0 Å². The summed E-state index contributed by atoms with van der Waals surface area (Å²) in [5.41, 5.74) is 0.709. The van der Waals surface area contributed by atoms with Gasteiger partial charge in [0.1, 0.15) is 5.82 Å². The van der Waals surface area contributed by atoms with E-state index in [-0.39, 0.29) is 7.43 Å². The molecule has 1 aliphatic rings. The molecule has 0 bridgehead atoms. The molecule has 0 atom stereocenters. The molecule has 0 amide bonds. The minimum absolute atomic E-state index is 0. The Hall–Kier alpha value is -2.58. The Balaban J connectivity index is 0.00000342. The Labute approximate surface area is 210 Å². The largest absolute Gasteiger partial charge is 0.416 e. The van der Waals surface area contributed by atoms with Gasteiger partial charge in [0.15, 0.2) is 0 Å². The maximum absolute atomic E-state index is 13.0. The fourth-order valence-electron chi connectivity index (χ4n) is 4.46. The molecule has 4 rings (SSSR count). The van der Waals surface area contributed by atoms with Gasteiger partial charge in [0.05, 0.1) is 11.1 Å². The summed E-state index contributed by atoms with van der Waals surface area (Å²) in [7, 11) is 3.95. The lowest BCUT2D eigenvalue weighted by atomic mass is 9.86. The van der Waals surface area contributed by atoms with Crippen LogP contribution in [0.1, 0.15) is 44.2 Å². The third-order valence-electron chi connectivity index (χ3n) is 6.31. The van der Waals surface area contributed by atoms with Crippen LogP contribution in [-0.2, 0) is 12.7 Å². The first kappa shape index (κ1) is 27.0. The monoisotopic (exact) mass is 507 g/mol. The van der Waals surface area contributed by atoms with E-state index in [4.69, 9.17) is 21.6 Å². The van der Waals surface area contributed by atoms with Gasteiger partial charge in [-0.1, -0.05) is 31.2 Å². The van der Waals surface area contributed by atoms with Gasteiger partial charge in [-0.2, -0.15) is 18.2 Å². The summed E-state index contributed by atoms with van der Waals surface area (Å²) < 4.78 is 38.9. The van der Waals surface area contributed by atoms with Crippen LogP contribution in [-0.4, -0.2) is 36.6 Å². The van der Waals surface area contributed by atoms with Crippen molar-refractivity contribution in [2.24, 2.45) is 5.92 Å². The van der Waals surface area contributed by atoms with Crippen LogP contribution in [0.5, 0.6) is 0 Å². The van der Waals surface area contributed by atoms with Crippen molar-refractivity contribution < 1.29 is 13.2 Å². The van der Waals surface area contributed by atoms with Crippen molar-refractivity contribution in [3.63, 3.8) is 0 Å². The summed E-state index contributed by atoms with van der Waals surface area (Å²) in [4.78, 5) is 11.4. The second-order valence-electron chi connectivity index (χ2n) is 9.08. The summed E-state index contributed by atoms with van der Waals surface area (Å²) in [5, 5.41) is 8.17. The lowest BCUT2D eigenvalue weighted by Gasteiger charge is -2.29. The number of alkyl halides is 3. The van der Waals surface area contributed by atoms with Crippen LogP contribution in [0.25, 0.3) is 10.9 Å². The summed E-state index contributed by atoms with van der Waals surface area (Å²) >= 11 is 6.10. The summed E-state index contributed by atoms with van der Waals surface area (Å²) in [6.07, 6.45) is -0.342. The van der Waals surface area contributed by atoms with Crippen LogP contribution in [0.4, 0.5) is 24.9 Å². The molecule has 0 radical (unpaired) electrons. The number of halogens is 4. The van der Waals surface area contributed by atoms with E-state index in [0.717, 1.165) is 61.1 Å². The molecule has 1 aromatic heterocycles. The number of aromatic nitrogens is 2. The van der Waals surface area contributed by atoms with E-state index in [1.54, 1.807) is 0 Å².